The largest absolute Gasteiger partial charge is 0.497 e. The maximum atomic E-state index is 12.3. The number of nitrogens with zero attached hydrogens (tertiary/aromatic N) is 2. The van der Waals surface area contributed by atoms with Gasteiger partial charge in [-0.3, -0.25) is 4.79 Å². The Morgan fingerprint density at radius 1 is 1.11 bits per heavy atom. The molecular formula is C23H27N3O2. The summed E-state index contributed by atoms with van der Waals surface area (Å²) >= 11 is 0. The van der Waals surface area contributed by atoms with Crippen molar-refractivity contribution in [1.82, 2.24) is 15.1 Å². The molecule has 0 bridgehead atoms. The molecular weight excluding hydrogens is 350 g/mol. The molecule has 2 aromatic carbocycles. The summed E-state index contributed by atoms with van der Waals surface area (Å²) < 4.78 is 7.23. The Morgan fingerprint density at radius 2 is 1.89 bits per heavy atom. The smallest absolute Gasteiger partial charge is 0.220 e. The lowest BCUT2D eigenvalue weighted by Crippen LogP contribution is -2.23. The van der Waals surface area contributed by atoms with Gasteiger partial charge in [0.2, 0.25) is 5.91 Å². The van der Waals surface area contributed by atoms with Crippen LogP contribution in [0.15, 0.2) is 48.5 Å². The molecule has 3 aromatic rings. The first-order chi connectivity index (χ1) is 13.5. The van der Waals surface area contributed by atoms with Gasteiger partial charge >= 0.3 is 0 Å². The third-order valence-corrected chi connectivity index (χ3v) is 5.08. The Labute approximate surface area is 166 Å². The van der Waals surface area contributed by atoms with Crippen LogP contribution in [0.2, 0.25) is 0 Å². The molecule has 28 heavy (non-hydrogen) atoms. The standard InChI is InChI=1S/C23H27N3O2/c1-16-8-5-6-9-19(16)15-24-23(27)13-12-22-17(2)25-26(18(22)3)20-10-7-11-21(14-20)28-4/h5-11,14H,12-13,15H2,1-4H3,(H,24,27). The number of nitrogens with one attached hydrogen (secondary N) is 1. The maximum absolute atomic E-state index is 12.3. The second kappa shape index (κ2) is 8.74. The number of methoxy groups -OCH3 is 1. The summed E-state index contributed by atoms with van der Waals surface area (Å²) in [7, 11) is 1.65. The molecule has 146 valence electrons. The molecule has 1 amide bonds. The molecule has 5 nitrogen and oxygen atoms in total. The SMILES string of the molecule is COc1cccc(-n2nc(C)c(CCC(=O)NCc3ccccc3C)c2C)c1. The third kappa shape index (κ3) is 4.42. The minimum Gasteiger partial charge on any atom is -0.497 e. The Balaban J connectivity index is 1.65. The predicted molar refractivity (Wildman–Crippen MR) is 111 cm³/mol. The van der Waals surface area contributed by atoms with Crippen molar-refractivity contribution >= 4 is 5.91 Å². The van der Waals surface area contributed by atoms with Gasteiger partial charge in [-0.2, -0.15) is 5.10 Å². The van der Waals surface area contributed by atoms with Crippen molar-refractivity contribution in [2.45, 2.75) is 40.2 Å². The van der Waals surface area contributed by atoms with E-state index in [0.29, 0.717) is 19.4 Å². The van der Waals surface area contributed by atoms with Gasteiger partial charge in [-0.1, -0.05) is 30.3 Å². The van der Waals surface area contributed by atoms with Gasteiger partial charge in [-0.15, -0.1) is 0 Å². The average molecular weight is 377 g/mol. The Kier molecular flexibility index (Phi) is 6.14. The maximum Gasteiger partial charge on any atom is 0.220 e. The Morgan fingerprint density at radius 3 is 2.64 bits per heavy atom. The Bertz CT molecular complexity index is 976. The zero-order chi connectivity index (χ0) is 20.1. The fraction of sp³-hybridized carbons (Fsp3) is 0.304. The summed E-state index contributed by atoms with van der Waals surface area (Å²) in [5.41, 5.74) is 6.41. The molecule has 0 saturated heterocycles. The zero-order valence-electron chi connectivity index (χ0n) is 17.0. The van der Waals surface area contributed by atoms with Gasteiger partial charge in [-0.25, -0.2) is 4.68 Å². The van der Waals surface area contributed by atoms with Crippen molar-refractivity contribution in [3.8, 4) is 11.4 Å². The van der Waals surface area contributed by atoms with Crippen LogP contribution in [0, 0.1) is 20.8 Å². The molecule has 0 atom stereocenters. The second-order valence-corrected chi connectivity index (χ2v) is 6.97. The van der Waals surface area contributed by atoms with E-state index in [-0.39, 0.29) is 5.91 Å². The van der Waals surface area contributed by atoms with Gasteiger partial charge in [0.05, 0.1) is 18.5 Å². The topological polar surface area (TPSA) is 56.2 Å². The van der Waals surface area contributed by atoms with Crippen molar-refractivity contribution in [2.24, 2.45) is 0 Å². The summed E-state index contributed by atoms with van der Waals surface area (Å²) in [5.74, 6) is 0.846. The summed E-state index contributed by atoms with van der Waals surface area (Å²) in [5, 5.41) is 7.69. The third-order valence-electron chi connectivity index (χ3n) is 5.08. The van der Waals surface area contributed by atoms with E-state index in [2.05, 4.69) is 23.4 Å². The van der Waals surface area contributed by atoms with E-state index in [0.717, 1.165) is 34.0 Å². The molecule has 1 aromatic heterocycles. The summed E-state index contributed by atoms with van der Waals surface area (Å²) in [6.07, 6.45) is 1.11. The van der Waals surface area contributed by atoms with Crippen LogP contribution in [0.3, 0.4) is 0 Å². The lowest BCUT2D eigenvalue weighted by molar-refractivity contribution is -0.121. The number of rotatable bonds is 7. The minimum atomic E-state index is 0.0520. The second-order valence-electron chi connectivity index (χ2n) is 6.97. The van der Waals surface area contributed by atoms with Crippen LogP contribution >= 0.6 is 0 Å². The van der Waals surface area contributed by atoms with Gasteiger partial charge in [0.1, 0.15) is 5.75 Å². The molecule has 0 radical (unpaired) electrons. The predicted octanol–water partition coefficient (Wildman–Crippen LogP) is 4.06. The van der Waals surface area contributed by atoms with Crippen molar-refractivity contribution in [1.29, 1.82) is 0 Å². The Hall–Kier alpha value is -3.08. The first kappa shape index (κ1) is 19.7. The molecule has 0 spiro atoms. The lowest BCUT2D eigenvalue weighted by Gasteiger charge is -2.09. The van der Waals surface area contributed by atoms with Gasteiger partial charge in [0.25, 0.3) is 0 Å². The van der Waals surface area contributed by atoms with Crippen molar-refractivity contribution in [3.63, 3.8) is 0 Å². The molecule has 3 rings (SSSR count). The molecule has 5 heteroatoms. The number of aryl methyl sites for hydroxylation is 2. The van der Waals surface area contributed by atoms with E-state index < -0.39 is 0 Å². The molecule has 0 saturated carbocycles. The van der Waals surface area contributed by atoms with Crippen molar-refractivity contribution < 1.29 is 9.53 Å². The van der Waals surface area contributed by atoms with Gasteiger partial charge < -0.3 is 10.1 Å². The molecule has 0 aliphatic carbocycles. The number of carbonyl (C=O) groups is 1. The highest BCUT2D eigenvalue weighted by atomic mass is 16.5. The fourth-order valence-corrected chi connectivity index (χ4v) is 3.36. The number of hydrogen-bond acceptors (Lipinski definition) is 3. The van der Waals surface area contributed by atoms with Crippen LogP contribution < -0.4 is 10.1 Å². The van der Waals surface area contributed by atoms with E-state index in [4.69, 9.17) is 4.74 Å². The van der Waals surface area contributed by atoms with Crippen LogP contribution in [-0.2, 0) is 17.8 Å². The van der Waals surface area contributed by atoms with Crippen LogP contribution in [0.1, 0.15) is 34.5 Å². The summed E-state index contributed by atoms with van der Waals surface area (Å²) in [4.78, 5) is 12.3. The highest BCUT2D eigenvalue weighted by Gasteiger charge is 2.14. The van der Waals surface area contributed by atoms with Crippen LogP contribution in [0.5, 0.6) is 5.75 Å². The van der Waals surface area contributed by atoms with Crippen LogP contribution in [-0.4, -0.2) is 22.8 Å². The average Bonchev–Trinajstić information content (AvgIpc) is 2.99. The van der Waals surface area contributed by atoms with Gasteiger partial charge in [0.15, 0.2) is 0 Å². The number of benzene rings is 2. The van der Waals surface area contributed by atoms with Crippen LogP contribution in [0.25, 0.3) is 5.69 Å². The summed E-state index contributed by atoms with van der Waals surface area (Å²) in [6.45, 7) is 6.65. The van der Waals surface area contributed by atoms with E-state index in [9.17, 15) is 4.79 Å². The quantitative estimate of drug-likeness (QED) is 0.676. The fourth-order valence-electron chi connectivity index (χ4n) is 3.36. The normalized spacial score (nSPS) is 10.7. The highest BCUT2D eigenvalue weighted by Crippen LogP contribution is 2.22. The molecule has 1 heterocycles. The van der Waals surface area contributed by atoms with Crippen LogP contribution in [0.4, 0.5) is 0 Å². The van der Waals surface area contributed by atoms with E-state index in [1.165, 1.54) is 5.56 Å². The van der Waals surface area contributed by atoms with E-state index >= 15 is 0 Å². The molecule has 0 aliphatic rings. The molecule has 0 aliphatic heterocycles. The lowest BCUT2D eigenvalue weighted by atomic mass is 10.1. The van der Waals surface area contributed by atoms with Gasteiger partial charge in [-0.05, 0) is 56.0 Å². The molecule has 1 N–H and O–H groups in total. The van der Waals surface area contributed by atoms with E-state index in [1.54, 1.807) is 7.11 Å². The zero-order valence-corrected chi connectivity index (χ0v) is 17.0. The van der Waals surface area contributed by atoms with E-state index in [1.807, 2.05) is 61.0 Å². The van der Waals surface area contributed by atoms with Crippen molar-refractivity contribution in [3.05, 3.63) is 76.6 Å². The number of carbonyl (C=O) groups excluding carboxylic acids is 1. The first-order valence-electron chi connectivity index (χ1n) is 9.50. The number of amides is 1. The van der Waals surface area contributed by atoms with Gasteiger partial charge in [0, 0.05) is 24.7 Å². The van der Waals surface area contributed by atoms with Crippen molar-refractivity contribution in [2.75, 3.05) is 7.11 Å². The molecule has 0 fully saturated rings. The monoisotopic (exact) mass is 377 g/mol. The highest BCUT2D eigenvalue weighted by molar-refractivity contribution is 5.76. The number of hydrogen-bond donors (Lipinski definition) is 1. The first-order valence-corrected chi connectivity index (χ1v) is 9.50. The summed E-state index contributed by atoms with van der Waals surface area (Å²) in [6, 6.07) is 15.9. The molecule has 0 unspecified atom stereocenters. The number of aromatic nitrogens is 2. The minimum absolute atomic E-state index is 0.0520. The number of ether oxygens (including phenoxy) is 1.